The third-order valence-electron chi connectivity index (χ3n) is 4.73. The fraction of sp³-hybridized carbons (Fsp3) is 0.385. The largest absolute Gasteiger partial charge is 0.496 e. The number of rotatable bonds is 10. The van der Waals surface area contributed by atoms with E-state index in [0.29, 0.717) is 17.1 Å². The Kier molecular flexibility index (Phi) is 8.88. The Morgan fingerprint density at radius 3 is 2.19 bits per heavy atom. The molecular formula is C26H32O6. The quantitative estimate of drug-likeness (QED) is 0.211. The van der Waals surface area contributed by atoms with Crippen LogP contribution in [0.1, 0.15) is 55.6 Å². The van der Waals surface area contributed by atoms with Crippen molar-refractivity contribution >= 4 is 17.8 Å². The van der Waals surface area contributed by atoms with Crippen molar-refractivity contribution < 1.29 is 28.5 Å². The van der Waals surface area contributed by atoms with Gasteiger partial charge in [0, 0.05) is 17.2 Å². The molecule has 32 heavy (non-hydrogen) atoms. The molecule has 0 radical (unpaired) electrons. The molecule has 0 saturated heterocycles. The monoisotopic (exact) mass is 440 g/mol. The predicted molar refractivity (Wildman–Crippen MR) is 124 cm³/mol. The van der Waals surface area contributed by atoms with Crippen LogP contribution in [0.5, 0.6) is 17.2 Å². The van der Waals surface area contributed by atoms with E-state index in [0.717, 1.165) is 29.7 Å². The average molecular weight is 441 g/mol. The molecule has 0 aliphatic heterocycles. The third kappa shape index (κ3) is 6.87. The van der Waals surface area contributed by atoms with Gasteiger partial charge in [-0.3, -0.25) is 9.59 Å². The zero-order valence-corrected chi connectivity index (χ0v) is 19.7. The van der Waals surface area contributed by atoms with Crippen LogP contribution in [0.4, 0.5) is 0 Å². The second kappa shape index (κ2) is 11.4. The second-order valence-corrected chi connectivity index (χ2v) is 8.32. The van der Waals surface area contributed by atoms with Gasteiger partial charge < -0.3 is 18.9 Å². The fourth-order valence-corrected chi connectivity index (χ4v) is 2.93. The van der Waals surface area contributed by atoms with Gasteiger partial charge in [0.15, 0.2) is 5.78 Å². The van der Waals surface area contributed by atoms with E-state index >= 15 is 0 Å². The van der Waals surface area contributed by atoms with Gasteiger partial charge in [0.25, 0.3) is 0 Å². The van der Waals surface area contributed by atoms with Gasteiger partial charge in [-0.25, -0.2) is 0 Å². The Bertz CT molecular complexity index is 952. The molecule has 0 heterocycles. The maximum absolute atomic E-state index is 12.6. The van der Waals surface area contributed by atoms with E-state index in [1.54, 1.807) is 65.3 Å². The van der Waals surface area contributed by atoms with Gasteiger partial charge in [-0.15, -0.1) is 0 Å². The van der Waals surface area contributed by atoms with E-state index in [4.69, 9.17) is 18.9 Å². The first-order valence-electron chi connectivity index (χ1n) is 10.6. The number of carbonyl (C=O) groups excluding carboxylic acids is 2. The zero-order valence-electron chi connectivity index (χ0n) is 19.7. The summed E-state index contributed by atoms with van der Waals surface area (Å²) in [5.74, 6) is 1.43. The molecule has 2 rings (SSSR count). The van der Waals surface area contributed by atoms with Crippen LogP contribution in [0.25, 0.3) is 6.08 Å². The van der Waals surface area contributed by atoms with Gasteiger partial charge in [0.05, 0.1) is 19.6 Å². The molecular weight excluding hydrogens is 408 g/mol. The summed E-state index contributed by atoms with van der Waals surface area (Å²) in [4.78, 5) is 24.4. The molecule has 0 aliphatic rings. The number of hydrogen-bond donors (Lipinski definition) is 0. The van der Waals surface area contributed by atoms with Gasteiger partial charge in [0.1, 0.15) is 17.2 Å². The van der Waals surface area contributed by atoms with E-state index in [2.05, 4.69) is 6.92 Å². The number of benzene rings is 2. The summed E-state index contributed by atoms with van der Waals surface area (Å²) < 4.78 is 21.4. The van der Waals surface area contributed by atoms with Crippen LogP contribution in [0.3, 0.4) is 0 Å². The summed E-state index contributed by atoms with van der Waals surface area (Å²) in [5.41, 5.74) is 1.80. The van der Waals surface area contributed by atoms with Crippen molar-refractivity contribution in [3.05, 3.63) is 59.2 Å². The topological polar surface area (TPSA) is 71.1 Å². The van der Waals surface area contributed by atoms with Gasteiger partial charge in [0.2, 0.25) is 6.79 Å². The number of aryl methyl sites for hydroxylation is 1. The number of esters is 1. The Hall–Kier alpha value is -3.28. The number of methoxy groups -OCH3 is 2. The van der Waals surface area contributed by atoms with Crippen molar-refractivity contribution in [3.63, 3.8) is 0 Å². The molecule has 0 fully saturated rings. The summed E-state index contributed by atoms with van der Waals surface area (Å²) in [6.45, 7) is 7.24. The minimum atomic E-state index is -0.587. The number of allylic oxidation sites excluding steroid dienone is 1. The van der Waals surface area contributed by atoms with Crippen LogP contribution >= 0.6 is 0 Å². The highest BCUT2D eigenvalue weighted by Gasteiger charge is 2.23. The van der Waals surface area contributed by atoms with Crippen LogP contribution in [0, 0.1) is 5.41 Å². The zero-order chi connectivity index (χ0) is 23.7. The van der Waals surface area contributed by atoms with Crippen LogP contribution in [0.2, 0.25) is 0 Å². The first-order valence-corrected chi connectivity index (χ1v) is 10.6. The minimum Gasteiger partial charge on any atom is -0.496 e. The molecule has 0 unspecified atom stereocenters. The molecule has 0 saturated carbocycles. The Labute approximate surface area is 190 Å². The molecule has 6 nitrogen and oxygen atoms in total. The van der Waals surface area contributed by atoms with Crippen LogP contribution in [0.15, 0.2) is 42.5 Å². The van der Waals surface area contributed by atoms with Crippen LogP contribution < -0.4 is 14.2 Å². The molecule has 0 aliphatic carbocycles. The number of ketones is 1. The molecule has 0 amide bonds. The Morgan fingerprint density at radius 1 is 0.969 bits per heavy atom. The van der Waals surface area contributed by atoms with E-state index in [-0.39, 0.29) is 18.5 Å². The standard InChI is InChI=1S/C26H32O6/c1-7-8-19-15-20(24(30-6)16-23(19)29-5)11-14-22(27)18-9-12-21(13-10-18)31-17-32-25(28)26(2,3)4/h9-16H,7-8,17H2,1-6H3/b14-11+. The molecule has 2 aromatic carbocycles. The lowest BCUT2D eigenvalue weighted by Gasteiger charge is -2.16. The van der Waals surface area contributed by atoms with Gasteiger partial charge in [-0.1, -0.05) is 13.3 Å². The van der Waals surface area contributed by atoms with E-state index in [9.17, 15) is 9.59 Å². The average Bonchev–Trinajstić information content (AvgIpc) is 2.77. The second-order valence-electron chi connectivity index (χ2n) is 8.32. The summed E-state index contributed by atoms with van der Waals surface area (Å²) >= 11 is 0. The van der Waals surface area contributed by atoms with E-state index in [1.165, 1.54) is 6.08 Å². The van der Waals surface area contributed by atoms with Gasteiger partial charge in [-0.05, 0) is 75.2 Å². The summed E-state index contributed by atoms with van der Waals surface area (Å²) in [6.07, 6.45) is 5.11. The fourth-order valence-electron chi connectivity index (χ4n) is 2.93. The van der Waals surface area contributed by atoms with Crippen molar-refractivity contribution in [1.82, 2.24) is 0 Å². The first kappa shape index (κ1) is 25.0. The van der Waals surface area contributed by atoms with Crippen LogP contribution in [-0.2, 0) is 16.0 Å². The lowest BCUT2D eigenvalue weighted by Crippen LogP contribution is -2.24. The highest BCUT2D eigenvalue weighted by molar-refractivity contribution is 6.07. The summed E-state index contributed by atoms with van der Waals surface area (Å²) in [5, 5.41) is 0. The SMILES string of the molecule is CCCc1cc(/C=C/C(=O)c2ccc(OCOC(=O)C(C)(C)C)cc2)c(OC)cc1OC. The van der Waals surface area contributed by atoms with Crippen molar-refractivity contribution in [1.29, 1.82) is 0 Å². The molecule has 0 bridgehead atoms. The Morgan fingerprint density at radius 2 is 1.62 bits per heavy atom. The molecule has 172 valence electrons. The highest BCUT2D eigenvalue weighted by atomic mass is 16.7. The maximum atomic E-state index is 12.6. The smallest absolute Gasteiger partial charge is 0.314 e. The Balaban J connectivity index is 2.06. The van der Waals surface area contributed by atoms with Crippen LogP contribution in [-0.4, -0.2) is 32.8 Å². The molecule has 0 N–H and O–H groups in total. The molecule has 6 heteroatoms. The molecule has 0 atom stereocenters. The van der Waals surface area contributed by atoms with Crippen molar-refractivity contribution in [2.45, 2.75) is 40.5 Å². The van der Waals surface area contributed by atoms with Gasteiger partial charge >= 0.3 is 5.97 Å². The number of carbonyl (C=O) groups is 2. The first-order chi connectivity index (χ1) is 15.2. The van der Waals surface area contributed by atoms with Gasteiger partial charge in [-0.2, -0.15) is 0 Å². The lowest BCUT2D eigenvalue weighted by atomic mass is 9.98. The normalized spacial score (nSPS) is 11.3. The number of ether oxygens (including phenoxy) is 4. The molecule has 2 aromatic rings. The van der Waals surface area contributed by atoms with E-state index < -0.39 is 5.41 Å². The highest BCUT2D eigenvalue weighted by Crippen LogP contribution is 2.31. The minimum absolute atomic E-state index is 0.148. The third-order valence-corrected chi connectivity index (χ3v) is 4.73. The van der Waals surface area contributed by atoms with Crippen molar-refractivity contribution in [2.24, 2.45) is 5.41 Å². The summed E-state index contributed by atoms with van der Waals surface area (Å²) in [7, 11) is 3.22. The predicted octanol–water partition coefficient (Wildman–Crippen LogP) is 5.48. The molecule has 0 spiro atoms. The van der Waals surface area contributed by atoms with Crippen molar-refractivity contribution in [3.8, 4) is 17.2 Å². The number of hydrogen-bond acceptors (Lipinski definition) is 6. The maximum Gasteiger partial charge on any atom is 0.314 e. The summed E-state index contributed by atoms with van der Waals surface area (Å²) in [6, 6.07) is 10.5. The van der Waals surface area contributed by atoms with E-state index in [1.807, 2.05) is 12.1 Å². The molecule has 0 aromatic heterocycles. The van der Waals surface area contributed by atoms with Crippen molar-refractivity contribution in [2.75, 3.05) is 21.0 Å². The lowest BCUT2D eigenvalue weighted by molar-refractivity contribution is -0.159.